The largest absolute Gasteiger partial charge is 0.426 e. The summed E-state index contributed by atoms with van der Waals surface area (Å²) in [6.07, 6.45) is 2.20. The first kappa shape index (κ1) is 25.5. The van der Waals surface area contributed by atoms with Crippen LogP contribution in [0.3, 0.4) is 0 Å². The number of benzene rings is 1. The van der Waals surface area contributed by atoms with E-state index in [4.69, 9.17) is 14.5 Å². The van der Waals surface area contributed by atoms with E-state index < -0.39 is 17.7 Å². The van der Waals surface area contributed by atoms with Crippen LogP contribution in [0, 0.1) is 0 Å². The third-order valence-corrected chi connectivity index (χ3v) is 8.72. The Bertz CT molecular complexity index is 1330. The van der Waals surface area contributed by atoms with E-state index in [1.165, 1.54) is 21.7 Å². The van der Waals surface area contributed by atoms with E-state index in [9.17, 15) is 18.0 Å². The lowest BCUT2D eigenvalue weighted by Gasteiger charge is -2.38. The summed E-state index contributed by atoms with van der Waals surface area (Å²) in [5.74, 6) is -1.07. The number of halogens is 3. The van der Waals surface area contributed by atoms with Crippen LogP contribution >= 0.6 is 0 Å². The first-order valence-electron chi connectivity index (χ1n) is 13.2. The van der Waals surface area contributed by atoms with Crippen LogP contribution in [0.25, 0.3) is 16.7 Å². The molecule has 0 bridgehead atoms. The third-order valence-electron chi connectivity index (χ3n) is 8.72. The lowest BCUT2D eigenvalue weighted by atomic mass is 9.86. The minimum Gasteiger partial charge on any atom is -0.378 e. The summed E-state index contributed by atoms with van der Waals surface area (Å²) in [7, 11) is 0.927. The van der Waals surface area contributed by atoms with Crippen molar-refractivity contribution in [3.63, 3.8) is 0 Å². The standard InChI is InChI=1S/C29H32F3N3O3/c1-17-13-28(5-6-28)25-21(17)12-20(14-34-25)19-10-18-4-8-35(26(36)27(2,37-3)29(30,31)32)15-23(18)22(11-19)24-16-38-9-7-33-24/h10-14,24,33H,4-9,15-16H2,1-3H3/t24-,27+/m0/s1. The Kier molecular flexibility index (Phi) is 5.97. The molecule has 2 aromatic rings. The van der Waals surface area contributed by atoms with Gasteiger partial charge in [-0.15, -0.1) is 0 Å². The number of carbonyl (C=O) groups excluding carboxylic acids is 1. The Morgan fingerprint density at radius 1 is 1.24 bits per heavy atom. The number of alkyl halides is 3. The summed E-state index contributed by atoms with van der Waals surface area (Å²) < 4.78 is 51.8. The molecule has 1 spiro atoms. The van der Waals surface area contributed by atoms with Crippen LogP contribution in [0.1, 0.15) is 60.7 Å². The lowest BCUT2D eigenvalue weighted by Crippen LogP contribution is -2.58. The molecule has 1 saturated heterocycles. The molecule has 2 aliphatic heterocycles. The molecule has 4 aliphatic rings. The van der Waals surface area contributed by atoms with Crippen molar-refractivity contribution in [2.24, 2.45) is 0 Å². The minimum atomic E-state index is -4.82. The molecule has 2 aliphatic carbocycles. The molecule has 38 heavy (non-hydrogen) atoms. The van der Waals surface area contributed by atoms with Gasteiger partial charge in [0.05, 0.1) is 24.9 Å². The Morgan fingerprint density at radius 2 is 2.03 bits per heavy atom. The molecule has 1 amide bonds. The molecule has 0 unspecified atom stereocenters. The number of hydrogen-bond acceptors (Lipinski definition) is 5. The van der Waals surface area contributed by atoms with Gasteiger partial charge in [-0.3, -0.25) is 9.78 Å². The van der Waals surface area contributed by atoms with Gasteiger partial charge in [-0.05, 0) is 73.1 Å². The topological polar surface area (TPSA) is 63.7 Å². The molecule has 1 N–H and O–H groups in total. The van der Waals surface area contributed by atoms with Crippen molar-refractivity contribution >= 4 is 11.5 Å². The lowest BCUT2D eigenvalue weighted by molar-refractivity contribution is -0.258. The average Bonchev–Trinajstić information content (AvgIpc) is 3.64. The van der Waals surface area contributed by atoms with E-state index in [2.05, 4.69) is 36.5 Å². The third kappa shape index (κ3) is 3.98. The van der Waals surface area contributed by atoms with Gasteiger partial charge in [0.15, 0.2) is 0 Å². The van der Waals surface area contributed by atoms with Crippen molar-refractivity contribution in [3.8, 4) is 11.1 Å². The van der Waals surface area contributed by atoms with E-state index in [-0.39, 0.29) is 24.5 Å². The smallest absolute Gasteiger partial charge is 0.378 e. The van der Waals surface area contributed by atoms with Crippen molar-refractivity contribution in [1.82, 2.24) is 15.2 Å². The molecule has 3 heterocycles. The fourth-order valence-electron chi connectivity index (χ4n) is 6.14. The second kappa shape index (κ2) is 8.89. The van der Waals surface area contributed by atoms with Crippen molar-refractivity contribution in [3.05, 3.63) is 58.4 Å². The van der Waals surface area contributed by atoms with Crippen molar-refractivity contribution in [2.75, 3.05) is 33.4 Å². The van der Waals surface area contributed by atoms with Gasteiger partial charge in [0.1, 0.15) is 0 Å². The summed E-state index contributed by atoms with van der Waals surface area (Å²) in [5.41, 5.74) is 5.74. The fourth-order valence-corrected chi connectivity index (χ4v) is 6.14. The van der Waals surface area contributed by atoms with Crippen molar-refractivity contribution in [1.29, 1.82) is 0 Å². The number of nitrogens with zero attached hydrogens (tertiary/aromatic N) is 2. The zero-order valence-corrected chi connectivity index (χ0v) is 21.9. The number of carbonyl (C=O) groups is 1. The van der Waals surface area contributed by atoms with Crippen LogP contribution in [-0.2, 0) is 32.6 Å². The number of methoxy groups -OCH3 is 1. The van der Waals surface area contributed by atoms with Gasteiger partial charge in [-0.2, -0.15) is 13.2 Å². The van der Waals surface area contributed by atoms with Gasteiger partial charge < -0.3 is 19.7 Å². The van der Waals surface area contributed by atoms with Crippen LogP contribution in [0.4, 0.5) is 13.2 Å². The monoisotopic (exact) mass is 527 g/mol. The molecule has 2 fully saturated rings. The van der Waals surface area contributed by atoms with Gasteiger partial charge in [0.25, 0.3) is 5.91 Å². The van der Waals surface area contributed by atoms with Gasteiger partial charge in [0, 0.05) is 49.5 Å². The number of hydrogen-bond donors (Lipinski definition) is 1. The number of rotatable bonds is 4. The summed E-state index contributed by atoms with van der Waals surface area (Å²) in [4.78, 5) is 19.3. The number of ether oxygens (including phenoxy) is 2. The number of fused-ring (bicyclic) bond motifs is 3. The number of pyridine rings is 1. The zero-order chi connectivity index (χ0) is 26.9. The molecule has 1 aromatic carbocycles. The summed E-state index contributed by atoms with van der Waals surface area (Å²) >= 11 is 0. The van der Waals surface area contributed by atoms with Crippen molar-refractivity contribution in [2.45, 2.75) is 62.9 Å². The highest BCUT2D eigenvalue weighted by molar-refractivity contribution is 5.86. The Labute approximate surface area is 220 Å². The molecule has 6 nitrogen and oxygen atoms in total. The average molecular weight is 528 g/mol. The molecular formula is C29H32F3N3O3. The normalized spacial score (nSPS) is 23.5. The summed E-state index contributed by atoms with van der Waals surface area (Å²) in [6, 6.07) is 6.28. The van der Waals surface area contributed by atoms with Crippen LogP contribution in [0.5, 0.6) is 0 Å². The molecule has 1 saturated carbocycles. The molecular weight excluding hydrogens is 495 g/mol. The minimum absolute atomic E-state index is 0.0871. The number of aromatic nitrogens is 1. The van der Waals surface area contributed by atoms with Crippen molar-refractivity contribution < 1.29 is 27.4 Å². The highest BCUT2D eigenvalue weighted by Gasteiger charge is 2.59. The molecule has 202 valence electrons. The van der Waals surface area contributed by atoms with Crippen LogP contribution < -0.4 is 5.32 Å². The molecule has 1 aromatic heterocycles. The van der Waals surface area contributed by atoms with Gasteiger partial charge >= 0.3 is 6.18 Å². The van der Waals surface area contributed by atoms with E-state index in [0.29, 0.717) is 26.2 Å². The molecule has 9 heteroatoms. The Balaban J connectivity index is 1.38. The fraction of sp³-hybridized carbons (Fsp3) is 0.517. The predicted molar refractivity (Wildman–Crippen MR) is 136 cm³/mol. The van der Waals surface area contributed by atoms with Crippen LogP contribution in [0.15, 0.2) is 30.5 Å². The summed E-state index contributed by atoms with van der Waals surface area (Å²) in [5, 5.41) is 3.48. The Hall–Kier alpha value is -2.75. The number of morpholine rings is 1. The maximum Gasteiger partial charge on any atom is 0.426 e. The number of allylic oxidation sites excluding steroid dienone is 2. The van der Waals surface area contributed by atoms with E-state index >= 15 is 0 Å². The first-order chi connectivity index (χ1) is 18.1. The SMILES string of the molecule is CO[C@](C)(C(=O)N1CCc2cc(-c3cnc4c(c3)C(C)=CC43CC3)cc([C@@H]3COCCN3)c2C1)C(F)(F)F. The van der Waals surface area contributed by atoms with Gasteiger partial charge in [-0.25, -0.2) is 0 Å². The molecule has 0 radical (unpaired) electrons. The zero-order valence-electron chi connectivity index (χ0n) is 21.9. The first-order valence-corrected chi connectivity index (χ1v) is 13.2. The Morgan fingerprint density at radius 3 is 2.68 bits per heavy atom. The maximum absolute atomic E-state index is 13.8. The number of amides is 1. The number of nitrogens with one attached hydrogen (secondary N) is 1. The van der Waals surface area contributed by atoms with E-state index in [1.807, 2.05) is 6.20 Å². The van der Waals surface area contributed by atoms with Crippen LogP contribution in [0.2, 0.25) is 0 Å². The van der Waals surface area contributed by atoms with E-state index in [0.717, 1.165) is 54.7 Å². The highest BCUT2D eigenvalue weighted by atomic mass is 19.4. The summed E-state index contributed by atoms with van der Waals surface area (Å²) in [6.45, 7) is 4.94. The van der Waals surface area contributed by atoms with E-state index in [1.54, 1.807) is 0 Å². The molecule has 2 atom stereocenters. The van der Waals surface area contributed by atoms with Gasteiger partial charge in [-0.1, -0.05) is 12.1 Å². The van der Waals surface area contributed by atoms with Crippen LogP contribution in [-0.4, -0.2) is 61.0 Å². The maximum atomic E-state index is 13.8. The second-order valence-corrected chi connectivity index (χ2v) is 11.1. The van der Waals surface area contributed by atoms with Gasteiger partial charge in [0.2, 0.25) is 5.60 Å². The molecule has 6 rings (SSSR count). The quantitative estimate of drug-likeness (QED) is 0.624. The predicted octanol–water partition coefficient (Wildman–Crippen LogP) is 4.71. The second-order valence-electron chi connectivity index (χ2n) is 11.1. The highest BCUT2D eigenvalue weighted by Crippen LogP contribution is 2.56.